The summed E-state index contributed by atoms with van der Waals surface area (Å²) in [7, 11) is 0. The Labute approximate surface area is 153 Å². The SMILES string of the molecule is C[C@@H](c1nc(-c2cc(F)ccc2F)cn1Cc1ccccc1)C(C)(C)C. The van der Waals surface area contributed by atoms with Crippen molar-refractivity contribution in [1.82, 2.24) is 9.55 Å². The number of hydrogen-bond donors (Lipinski definition) is 0. The molecule has 1 aromatic heterocycles. The predicted molar refractivity (Wildman–Crippen MR) is 101 cm³/mol. The molecule has 0 N–H and O–H groups in total. The number of benzene rings is 2. The Bertz CT molecular complexity index is 892. The summed E-state index contributed by atoms with van der Waals surface area (Å²) >= 11 is 0. The van der Waals surface area contributed by atoms with Gasteiger partial charge in [0.1, 0.15) is 17.5 Å². The number of hydrogen-bond acceptors (Lipinski definition) is 1. The Morgan fingerprint density at radius 3 is 2.38 bits per heavy atom. The highest BCUT2D eigenvalue weighted by Gasteiger charge is 2.27. The van der Waals surface area contributed by atoms with Crippen molar-refractivity contribution in [2.24, 2.45) is 5.41 Å². The summed E-state index contributed by atoms with van der Waals surface area (Å²) in [5, 5.41) is 0. The van der Waals surface area contributed by atoms with Crippen LogP contribution in [0.4, 0.5) is 8.78 Å². The highest BCUT2D eigenvalue weighted by Crippen LogP contribution is 2.36. The van der Waals surface area contributed by atoms with Crippen LogP contribution in [0.1, 0.15) is 45.0 Å². The van der Waals surface area contributed by atoms with Crippen LogP contribution >= 0.6 is 0 Å². The van der Waals surface area contributed by atoms with Crippen molar-refractivity contribution >= 4 is 0 Å². The first kappa shape index (κ1) is 18.3. The number of halogens is 2. The van der Waals surface area contributed by atoms with Crippen molar-refractivity contribution in [3.63, 3.8) is 0 Å². The van der Waals surface area contributed by atoms with E-state index in [4.69, 9.17) is 4.98 Å². The lowest BCUT2D eigenvalue weighted by Gasteiger charge is -2.27. The van der Waals surface area contributed by atoms with Crippen LogP contribution in [-0.4, -0.2) is 9.55 Å². The third kappa shape index (κ3) is 3.85. The minimum atomic E-state index is -0.468. The standard InChI is InChI=1S/C22H24F2N2/c1-15(22(2,3)4)21-25-20(18-12-17(23)10-11-19(18)24)14-26(21)13-16-8-6-5-7-9-16/h5-12,14-15H,13H2,1-4H3/t15-/m0/s1. The molecule has 26 heavy (non-hydrogen) atoms. The van der Waals surface area contributed by atoms with E-state index in [9.17, 15) is 8.78 Å². The molecule has 0 saturated heterocycles. The Kier molecular flexibility index (Phi) is 4.94. The fourth-order valence-electron chi connectivity index (χ4n) is 2.89. The maximum absolute atomic E-state index is 14.2. The Hall–Kier alpha value is -2.49. The van der Waals surface area contributed by atoms with E-state index >= 15 is 0 Å². The molecule has 0 unspecified atom stereocenters. The van der Waals surface area contributed by atoms with Crippen LogP contribution in [0, 0.1) is 17.0 Å². The first-order valence-electron chi connectivity index (χ1n) is 8.82. The lowest BCUT2D eigenvalue weighted by atomic mass is 9.81. The second kappa shape index (κ2) is 7.02. The van der Waals surface area contributed by atoms with Crippen molar-refractivity contribution in [3.05, 3.63) is 77.8 Å². The van der Waals surface area contributed by atoms with Gasteiger partial charge < -0.3 is 4.57 Å². The summed E-state index contributed by atoms with van der Waals surface area (Å²) in [6, 6.07) is 13.5. The molecule has 0 fully saturated rings. The summed E-state index contributed by atoms with van der Waals surface area (Å²) in [6.45, 7) is 9.22. The fraction of sp³-hybridized carbons (Fsp3) is 0.318. The molecule has 0 spiro atoms. The second-order valence-corrected chi connectivity index (χ2v) is 7.81. The summed E-state index contributed by atoms with van der Waals surface area (Å²) in [5.41, 5.74) is 1.79. The molecule has 0 aliphatic carbocycles. The van der Waals surface area contributed by atoms with Crippen LogP contribution in [0.5, 0.6) is 0 Å². The quantitative estimate of drug-likeness (QED) is 0.560. The molecule has 4 heteroatoms. The fourth-order valence-corrected chi connectivity index (χ4v) is 2.89. The van der Waals surface area contributed by atoms with E-state index in [1.165, 1.54) is 6.07 Å². The van der Waals surface area contributed by atoms with Gasteiger partial charge in [-0.1, -0.05) is 58.0 Å². The van der Waals surface area contributed by atoms with E-state index in [0.29, 0.717) is 12.2 Å². The number of aromatic nitrogens is 2. The number of rotatable bonds is 4. The molecular formula is C22H24F2N2. The van der Waals surface area contributed by atoms with Gasteiger partial charge >= 0.3 is 0 Å². The molecule has 0 saturated carbocycles. The zero-order valence-corrected chi connectivity index (χ0v) is 15.6. The van der Waals surface area contributed by atoms with E-state index in [1.807, 2.05) is 41.1 Å². The second-order valence-electron chi connectivity index (χ2n) is 7.81. The normalized spacial score (nSPS) is 13.0. The van der Waals surface area contributed by atoms with Crippen LogP contribution in [0.15, 0.2) is 54.7 Å². The minimum absolute atomic E-state index is 0.00244. The summed E-state index contributed by atoms with van der Waals surface area (Å²) < 4.78 is 29.9. The van der Waals surface area contributed by atoms with Crippen LogP contribution in [0.25, 0.3) is 11.3 Å². The van der Waals surface area contributed by atoms with E-state index in [0.717, 1.165) is 23.5 Å². The van der Waals surface area contributed by atoms with Gasteiger partial charge in [-0.3, -0.25) is 0 Å². The topological polar surface area (TPSA) is 17.8 Å². The van der Waals surface area contributed by atoms with Crippen molar-refractivity contribution in [3.8, 4) is 11.3 Å². The van der Waals surface area contributed by atoms with Crippen molar-refractivity contribution in [2.75, 3.05) is 0 Å². The van der Waals surface area contributed by atoms with Crippen molar-refractivity contribution in [1.29, 1.82) is 0 Å². The lowest BCUT2D eigenvalue weighted by molar-refractivity contribution is 0.321. The van der Waals surface area contributed by atoms with Gasteiger partial charge in [0.25, 0.3) is 0 Å². The van der Waals surface area contributed by atoms with Crippen molar-refractivity contribution in [2.45, 2.75) is 40.2 Å². The van der Waals surface area contributed by atoms with Crippen molar-refractivity contribution < 1.29 is 8.78 Å². The molecule has 136 valence electrons. The molecule has 3 rings (SSSR count). The molecule has 0 amide bonds. The monoisotopic (exact) mass is 354 g/mol. The molecule has 1 heterocycles. The van der Waals surface area contributed by atoms with Crippen LogP contribution in [0.2, 0.25) is 0 Å². The predicted octanol–water partition coefficient (Wildman–Crippen LogP) is 6.03. The Balaban J connectivity index is 2.09. The summed E-state index contributed by atoms with van der Waals surface area (Å²) in [6.07, 6.45) is 1.82. The van der Waals surface area contributed by atoms with Crippen LogP contribution < -0.4 is 0 Å². The molecule has 0 radical (unpaired) electrons. The third-order valence-electron chi connectivity index (χ3n) is 4.89. The third-order valence-corrected chi connectivity index (χ3v) is 4.89. The molecule has 1 atom stereocenters. The van der Waals surface area contributed by atoms with Crippen LogP contribution in [-0.2, 0) is 6.54 Å². The van der Waals surface area contributed by atoms with E-state index < -0.39 is 11.6 Å². The molecular weight excluding hydrogens is 330 g/mol. The largest absolute Gasteiger partial charge is 0.330 e. The van der Waals surface area contributed by atoms with Gasteiger partial charge in [0.05, 0.1) is 5.69 Å². The summed E-state index contributed by atoms with van der Waals surface area (Å²) in [4.78, 5) is 4.70. The van der Waals surface area contributed by atoms with Gasteiger partial charge in [0.2, 0.25) is 0 Å². The van der Waals surface area contributed by atoms with E-state index in [1.54, 1.807) is 0 Å². The molecule has 2 nitrogen and oxygen atoms in total. The summed E-state index contributed by atoms with van der Waals surface area (Å²) in [5.74, 6) is 0.0896. The van der Waals surface area contributed by atoms with Crippen LogP contribution in [0.3, 0.4) is 0 Å². The number of imidazole rings is 1. The zero-order valence-electron chi connectivity index (χ0n) is 15.6. The first-order chi connectivity index (χ1) is 12.3. The maximum atomic E-state index is 14.2. The highest BCUT2D eigenvalue weighted by molar-refractivity contribution is 5.59. The molecule has 0 bridgehead atoms. The molecule has 0 aliphatic rings. The molecule has 3 aromatic rings. The average Bonchev–Trinajstić information content (AvgIpc) is 2.99. The Morgan fingerprint density at radius 1 is 1.04 bits per heavy atom. The minimum Gasteiger partial charge on any atom is -0.330 e. The Morgan fingerprint density at radius 2 is 1.73 bits per heavy atom. The van der Waals surface area contributed by atoms with Gasteiger partial charge in [-0.2, -0.15) is 0 Å². The highest BCUT2D eigenvalue weighted by atomic mass is 19.1. The maximum Gasteiger partial charge on any atom is 0.132 e. The van der Waals surface area contributed by atoms with E-state index in [-0.39, 0.29) is 16.9 Å². The smallest absolute Gasteiger partial charge is 0.132 e. The number of nitrogens with zero attached hydrogens (tertiary/aromatic N) is 2. The van der Waals surface area contributed by atoms with E-state index in [2.05, 4.69) is 27.7 Å². The molecule has 0 aliphatic heterocycles. The van der Waals surface area contributed by atoms with Gasteiger partial charge in [-0.25, -0.2) is 13.8 Å². The van der Waals surface area contributed by atoms with Gasteiger partial charge in [-0.05, 0) is 29.2 Å². The molecule has 2 aromatic carbocycles. The first-order valence-corrected chi connectivity index (χ1v) is 8.82. The average molecular weight is 354 g/mol. The van der Waals surface area contributed by atoms with Gasteiger partial charge in [0, 0.05) is 24.2 Å². The zero-order chi connectivity index (χ0) is 18.9. The lowest BCUT2D eigenvalue weighted by Crippen LogP contribution is -2.20. The van der Waals surface area contributed by atoms with Gasteiger partial charge in [-0.15, -0.1) is 0 Å². The van der Waals surface area contributed by atoms with Gasteiger partial charge in [0.15, 0.2) is 0 Å².